The number of aryl methyl sites for hydroxylation is 1. The van der Waals surface area contributed by atoms with Gasteiger partial charge in [0.1, 0.15) is 11.7 Å². The smallest absolute Gasteiger partial charge is 0.284 e. The van der Waals surface area contributed by atoms with E-state index in [2.05, 4.69) is 10.4 Å². The van der Waals surface area contributed by atoms with Crippen LogP contribution in [0.4, 0.5) is 0 Å². The van der Waals surface area contributed by atoms with Crippen molar-refractivity contribution in [3.63, 3.8) is 0 Å². The molecule has 0 spiro atoms. The summed E-state index contributed by atoms with van der Waals surface area (Å²) < 4.78 is 1.32. The lowest BCUT2D eigenvalue weighted by atomic mass is 10.1. The molecule has 1 aromatic heterocycles. The topological polar surface area (TPSA) is 150 Å². The van der Waals surface area contributed by atoms with Crippen molar-refractivity contribution < 1.29 is 19.2 Å². The lowest BCUT2D eigenvalue weighted by Crippen LogP contribution is -2.45. The second-order valence-corrected chi connectivity index (χ2v) is 4.09. The fourth-order valence-corrected chi connectivity index (χ4v) is 1.51. The van der Waals surface area contributed by atoms with E-state index in [1.165, 1.54) is 16.9 Å². The molecule has 0 saturated carbocycles. The highest BCUT2D eigenvalue weighted by Crippen LogP contribution is 2.02. The van der Waals surface area contributed by atoms with Crippen LogP contribution < -0.4 is 16.8 Å². The molecule has 0 aliphatic heterocycles. The molecule has 9 heteroatoms. The number of Topliss-reactive ketones (excluding diaryl/α,β-unsaturated/α-hetero) is 1. The van der Waals surface area contributed by atoms with Crippen LogP contribution in [0.5, 0.6) is 0 Å². The van der Waals surface area contributed by atoms with E-state index in [1.807, 2.05) is 0 Å². The normalized spacial score (nSPS) is 11.7. The molecule has 1 aromatic rings. The predicted molar refractivity (Wildman–Crippen MR) is 67.1 cm³/mol. The minimum atomic E-state index is -1.09. The van der Waals surface area contributed by atoms with Crippen molar-refractivity contribution in [2.24, 2.45) is 18.5 Å². The Morgan fingerprint density at radius 2 is 2.00 bits per heavy atom. The van der Waals surface area contributed by atoms with Crippen molar-refractivity contribution in [1.29, 1.82) is 0 Å². The molecule has 0 aromatic carbocycles. The number of hydrogen-bond donors (Lipinski definition) is 3. The second kappa shape index (κ2) is 6.45. The zero-order valence-electron chi connectivity index (χ0n) is 10.8. The summed E-state index contributed by atoms with van der Waals surface area (Å²) in [5.41, 5.74) is 10.2. The van der Waals surface area contributed by atoms with Gasteiger partial charge in [-0.3, -0.25) is 23.9 Å². The number of nitrogens with two attached hydrogens (primary N) is 2. The first-order valence-electron chi connectivity index (χ1n) is 5.73. The van der Waals surface area contributed by atoms with E-state index in [0.717, 1.165) is 0 Å². The van der Waals surface area contributed by atoms with Gasteiger partial charge < -0.3 is 16.8 Å². The molecular formula is C11H15N5O4. The van der Waals surface area contributed by atoms with Crippen molar-refractivity contribution in [1.82, 2.24) is 15.1 Å². The third-order valence-corrected chi connectivity index (χ3v) is 2.64. The zero-order chi connectivity index (χ0) is 15.3. The van der Waals surface area contributed by atoms with Gasteiger partial charge in [-0.25, -0.2) is 0 Å². The van der Waals surface area contributed by atoms with Gasteiger partial charge in [-0.15, -0.1) is 0 Å². The molecule has 0 radical (unpaired) electrons. The molecule has 0 fully saturated rings. The van der Waals surface area contributed by atoms with Crippen molar-refractivity contribution in [3.8, 4) is 0 Å². The summed E-state index contributed by atoms with van der Waals surface area (Å²) in [6.45, 7) is 0. The van der Waals surface area contributed by atoms with Gasteiger partial charge in [0.15, 0.2) is 0 Å². The average Bonchev–Trinajstić information content (AvgIpc) is 2.79. The van der Waals surface area contributed by atoms with Crippen LogP contribution in [0.25, 0.3) is 0 Å². The van der Waals surface area contributed by atoms with Crippen LogP contribution >= 0.6 is 0 Å². The molecular weight excluding hydrogens is 266 g/mol. The van der Waals surface area contributed by atoms with E-state index in [4.69, 9.17) is 11.5 Å². The van der Waals surface area contributed by atoms with Crippen LogP contribution in [0.3, 0.4) is 0 Å². The Labute approximate surface area is 114 Å². The van der Waals surface area contributed by atoms with Crippen molar-refractivity contribution in [2.45, 2.75) is 18.9 Å². The Balaban J connectivity index is 2.66. The maximum Gasteiger partial charge on any atom is 0.284 e. The first kappa shape index (κ1) is 15.3. The molecule has 0 bridgehead atoms. The van der Waals surface area contributed by atoms with E-state index >= 15 is 0 Å². The van der Waals surface area contributed by atoms with Gasteiger partial charge in [0.25, 0.3) is 11.8 Å². The first-order chi connectivity index (χ1) is 9.32. The molecule has 5 N–H and O–H groups in total. The summed E-state index contributed by atoms with van der Waals surface area (Å²) >= 11 is 0. The van der Waals surface area contributed by atoms with E-state index < -0.39 is 29.5 Å². The predicted octanol–water partition coefficient (Wildman–Crippen LogP) is -2.16. The molecule has 20 heavy (non-hydrogen) atoms. The Bertz CT molecular complexity index is 551. The van der Waals surface area contributed by atoms with Crippen LogP contribution in [0.15, 0.2) is 12.3 Å². The third-order valence-electron chi connectivity index (χ3n) is 2.64. The quantitative estimate of drug-likeness (QED) is 0.486. The molecule has 1 rings (SSSR count). The minimum Gasteiger partial charge on any atom is -0.368 e. The molecule has 9 nitrogen and oxygen atoms in total. The Kier molecular flexibility index (Phi) is 4.95. The summed E-state index contributed by atoms with van der Waals surface area (Å²) in [6, 6.07) is 0.391. The van der Waals surface area contributed by atoms with Gasteiger partial charge in [-0.2, -0.15) is 5.10 Å². The summed E-state index contributed by atoms with van der Waals surface area (Å²) in [5, 5.41) is 6.19. The average molecular weight is 281 g/mol. The third kappa shape index (κ3) is 3.90. The number of aromatic nitrogens is 2. The number of nitrogens with one attached hydrogen (secondary N) is 1. The van der Waals surface area contributed by atoms with Crippen molar-refractivity contribution >= 4 is 23.5 Å². The summed E-state index contributed by atoms with van der Waals surface area (Å²) in [5.74, 6) is -3.28. The maximum absolute atomic E-state index is 11.9. The number of carbonyl (C=O) groups excluding carboxylic acids is 4. The lowest BCUT2D eigenvalue weighted by Gasteiger charge is -2.14. The van der Waals surface area contributed by atoms with Gasteiger partial charge >= 0.3 is 0 Å². The number of amides is 3. The van der Waals surface area contributed by atoms with Crippen LogP contribution in [-0.4, -0.2) is 39.3 Å². The van der Waals surface area contributed by atoms with Crippen molar-refractivity contribution in [3.05, 3.63) is 18.0 Å². The highest BCUT2D eigenvalue weighted by atomic mass is 16.2. The molecule has 0 aliphatic carbocycles. The van der Waals surface area contributed by atoms with Gasteiger partial charge in [0, 0.05) is 19.7 Å². The van der Waals surface area contributed by atoms with Crippen LogP contribution in [0, 0.1) is 0 Å². The van der Waals surface area contributed by atoms with Crippen molar-refractivity contribution in [2.75, 3.05) is 0 Å². The summed E-state index contributed by atoms with van der Waals surface area (Å²) in [6.07, 6.45) is 1.06. The Morgan fingerprint density at radius 1 is 1.35 bits per heavy atom. The molecule has 1 atom stereocenters. The highest BCUT2D eigenvalue weighted by molar-refractivity contribution is 6.35. The van der Waals surface area contributed by atoms with Crippen LogP contribution in [0.2, 0.25) is 0 Å². The molecule has 0 saturated heterocycles. The van der Waals surface area contributed by atoms with Crippen LogP contribution in [-0.2, 0) is 21.4 Å². The number of rotatable bonds is 7. The van der Waals surface area contributed by atoms with E-state index in [1.54, 1.807) is 7.05 Å². The standard InChI is InChI=1S/C11H15N5O4/c1-16-7(4-5-14-16)11(20)15-6(9(12)18)2-3-8(17)10(13)19/h4-6H,2-3H2,1H3,(H2,12,18)(H2,13,19)(H,15,20). The molecule has 108 valence electrons. The van der Waals surface area contributed by atoms with Gasteiger partial charge in [0.2, 0.25) is 11.7 Å². The fraction of sp³-hybridized carbons (Fsp3) is 0.364. The van der Waals surface area contributed by atoms with E-state index in [9.17, 15) is 19.2 Å². The van der Waals surface area contributed by atoms with E-state index in [0.29, 0.717) is 0 Å². The number of nitrogens with zero attached hydrogens (tertiary/aromatic N) is 2. The highest BCUT2D eigenvalue weighted by Gasteiger charge is 2.22. The van der Waals surface area contributed by atoms with Gasteiger partial charge in [-0.05, 0) is 12.5 Å². The maximum atomic E-state index is 11.9. The summed E-state index contributed by atoms with van der Waals surface area (Å²) in [4.78, 5) is 44.8. The number of carbonyl (C=O) groups is 4. The summed E-state index contributed by atoms with van der Waals surface area (Å²) in [7, 11) is 1.56. The Morgan fingerprint density at radius 3 is 2.45 bits per heavy atom. The SMILES string of the molecule is Cn1nccc1C(=O)NC(CCC(=O)C(N)=O)C(N)=O. The molecule has 0 aliphatic rings. The Hall–Kier alpha value is -2.71. The first-order valence-corrected chi connectivity index (χ1v) is 5.73. The number of hydrogen-bond acceptors (Lipinski definition) is 5. The lowest BCUT2D eigenvalue weighted by molar-refractivity contribution is -0.136. The molecule has 1 unspecified atom stereocenters. The second-order valence-electron chi connectivity index (χ2n) is 4.09. The molecule has 3 amide bonds. The van der Waals surface area contributed by atoms with E-state index in [-0.39, 0.29) is 18.5 Å². The fourth-order valence-electron chi connectivity index (χ4n) is 1.51. The van der Waals surface area contributed by atoms with Crippen LogP contribution in [0.1, 0.15) is 23.3 Å². The zero-order valence-corrected chi connectivity index (χ0v) is 10.8. The molecule has 1 heterocycles. The van der Waals surface area contributed by atoms with Gasteiger partial charge in [-0.1, -0.05) is 0 Å². The minimum absolute atomic E-state index is 0.0965. The number of primary amides is 2. The monoisotopic (exact) mass is 281 g/mol. The number of ketones is 1. The van der Waals surface area contributed by atoms with Gasteiger partial charge in [0.05, 0.1) is 0 Å². The largest absolute Gasteiger partial charge is 0.368 e.